The van der Waals surface area contributed by atoms with Gasteiger partial charge in [-0.15, -0.1) is 0 Å². The van der Waals surface area contributed by atoms with Crippen LogP contribution in [0.3, 0.4) is 0 Å². The molecule has 0 radical (unpaired) electrons. The highest BCUT2D eigenvalue weighted by atomic mass is 14.5. The van der Waals surface area contributed by atoms with Crippen LogP contribution < -0.4 is 0 Å². The molecule has 1 fully saturated rings. The average molecular weight is 293 g/mol. The average Bonchev–Trinajstić information content (AvgIpc) is 2.06. The van der Waals surface area contributed by atoms with Crippen molar-refractivity contribution in [2.24, 2.45) is 34.0 Å². The van der Waals surface area contributed by atoms with Crippen molar-refractivity contribution in [3.63, 3.8) is 0 Å². The maximum Gasteiger partial charge on any atom is -0.0128 e. The Bertz CT molecular complexity index is 367. The van der Waals surface area contributed by atoms with Crippen molar-refractivity contribution in [2.45, 2.75) is 88.0 Å². The lowest BCUT2D eigenvalue weighted by Gasteiger charge is -2.53. The third-order valence-corrected chi connectivity index (χ3v) is 5.37. The van der Waals surface area contributed by atoms with Crippen LogP contribution in [-0.4, -0.2) is 0 Å². The molecule has 0 aliphatic heterocycles. The van der Waals surface area contributed by atoms with Gasteiger partial charge in [-0.1, -0.05) is 67.5 Å². The minimum atomic E-state index is 0.381. The van der Waals surface area contributed by atoms with E-state index in [4.69, 9.17) is 0 Å². The van der Waals surface area contributed by atoms with Gasteiger partial charge in [-0.05, 0) is 66.6 Å². The zero-order valence-corrected chi connectivity index (χ0v) is 16.3. The van der Waals surface area contributed by atoms with Gasteiger partial charge < -0.3 is 0 Å². The van der Waals surface area contributed by atoms with E-state index in [1.165, 1.54) is 31.3 Å². The fourth-order valence-electron chi connectivity index (χ4n) is 6.04. The first-order chi connectivity index (χ1) is 9.26. The highest BCUT2D eigenvalue weighted by molar-refractivity contribution is 5.10. The van der Waals surface area contributed by atoms with Crippen molar-refractivity contribution in [3.05, 3.63) is 12.2 Å². The third-order valence-electron chi connectivity index (χ3n) is 5.37. The van der Waals surface area contributed by atoms with Crippen molar-refractivity contribution < 1.29 is 0 Å². The van der Waals surface area contributed by atoms with E-state index in [9.17, 15) is 0 Å². The molecule has 0 aromatic carbocycles. The molecular formula is C21H40. The molecule has 0 aromatic rings. The minimum absolute atomic E-state index is 0.381. The summed E-state index contributed by atoms with van der Waals surface area (Å²) in [6.07, 6.45) is 5.34. The Morgan fingerprint density at radius 3 is 2.14 bits per heavy atom. The Morgan fingerprint density at radius 1 is 1.19 bits per heavy atom. The fourth-order valence-corrected chi connectivity index (χ4v) is 6.04. The third kappa shape index (κ3) is 5.15. The maximum absolute atomic E-state index is 4.36. The lowest BCUT2D eigenvalue weighted by atomic mass is 9.52. The molecule has 1 aliphatic carbocycles. The van der Waals surface area contributed by atoms with E-state index in [2.05, 4.69) is 68.9 Å². The van der Waals surface area contributed by atoms with E-state index in [-0.39, 0.29) is 0 Å². The second-order valence-electron chi connectivity index (χ2n) is 10.6. The Hall–Kier alpha value is -0.260. The van der Waals surface area contributed by atoms with Crippen LogP contribution >= 0.6 is 0 Å². The van der Waals surface area contributed by atoms with Gasteiger partial charge >= 0.3 is 0 Å². The van der Waals surface area contributed by atoms with Crippen LogP contribution in [0.4, 0.5) is 0 Å². The SMILES string of the molecule is C=C(C)[C@H]1[C@H](CC(C)(C)CC(C)C)CC(C)(C)CC1(C)C. The molecule has 0 bridgehead atoms. The summed E-state index contributed by atoms with van der Waals surface area (Å²) in [4.78, 5) is 0. The zero-order chi connectivity index (χ0) is 16.6. The summed E-state index contributed by atoms with van der Waals surface area (Å²) in [5.74, 6) is 2.25. The molecule has 0 heteroatoms. The Labute approximate surface area is 134 Å². The van der Waals surface area contributed by atoms with E-state index in [0.29, 0.717) is 22.2 Å². The van der Waals surface area contributed by atoms with Gasteiger partial charge in [0.05, 0.1) is 0 Å². The van der Waals surface area contributed by atoms with Gasteiger partial charge in [0.25, 0.3) is 0 Å². The van der Waals surface area contributed by atoms with Crippen LogP contribution in [0.15, 0.2) is 12.2 Å². The normalized spacial score (nSPS) is 28.7. The summed E-state index contributed by atoms with van der Waals surface area (Å²) in [5, 5.41) is 0. The largest absolute Gasteiger partial charge is 0.0998 e. The van der Waals surface area contributed by atoms with Crippen LogP contribution in [0.1, 0.15) is 88.0 Å². The van der Waals surface area contributed by atoms with Crippen LogP contribution in [0.2, 0.25) is 0 Å². The molecular weight excluding hydrogens is 252 g/mol. The highest BCUT2D eigenvalue weighted by Gasteiger charge is 2.47. The summed E-state index contributed by atoms with van der Waals surface area (Å²) in [6, 6.07) is 0. The van der Waals surface area contributed by atoms with Gasteiger partial charge in [0, 0.05) is 0 Å². The minimum Gasteiger partial charge on any atom is -0.0998 e. The van der Waals surface area contributed by atoms with Crippen LogP contribution in [0.25, 0.3) is 0 Å². The summed E-state index contributed by atoms with van der Waals surface area (Å²) in [6.45, 7) is 26.1. The van der Waals surface area contributed by atoms with E-state index >= 15 is 0 Å². The molecule has 0 unspecified atom stereocenters. The molecule has 124 valence electrons. The predicted octanol–water partition coefficient (Wildman–Crippen LogP) is 7.10. The van der Waals surface area contributed by atoms with Crippen molar-refractivity contribution in [1.29, 1.82) is 0 Å². The highest BCUT2D eigenvalue weighted by Crippen LogP contribution is 2.56. The summed E-state index contributed by atoms with van der Waals surface area (Å²) in [7, 11) is 0. The lowest BCUT2D eigenvalue weighted by molar-refractivity contribution is -0.00439. The Balaban J connectivity index is 3.02. The molecule has 2 atom stereocenters. The van der Waals surface area contributed by atoms with E-state index in [1.807, 2.05) is 0 Å². The molecule has 0 saturated heterocycles. The molecule has 1 aliphatic rings. The zero-order valence-electron chi connectivity index (χ0n) is 16.3. The summed E-state index contributed by atoms with van der Waals surface area (Å²) in [5.41, 5.74) is 2.69. The van der Waals surface area contributed by atoms with Crippen LogP contribution in [-0.2, 0) is 0 Å². The summed E-state index contributed by atoms with van der Waals surface area (Å²) >= 11 is 0. The van der Waals surface area contributed by atoms with Crippen molar-refractivity contribution >= 4 is 0 Å². The molecule has 0 heterocycles. The fraction of sp³-hybridized carbons (Fsp3) is 0.905. The lowest BCUT2D eigenvalue weighted by Crippen LogP contribution is -2.44. The maximum atomic E-state index is 4.36. The van der Waals surface area contributed by atoms with Gasteiger partial charge in [0.2, 0.25) is 0 Å². The van der Waals surface area contributed by atoms with E-state index < -0.39 is 0 Å². The Morgan fingerprint density at radius 2 is 1.71 bits per heavy atom. The molecule has 1 rings (SSSR count). The Kier molecular flexibility index (Phi) is 5.45. The molecule has 21 heavy (non-hydrogen) atoms. The van der Waals surface area contributed by atoms with Gasteiger partial charge in [0.15, 0.2) is 0 Å². The number of hydrogen-bond donors (Lipinski definition) is 0. The molecule has 0 aromatic heterocycles. The van der Waals surface area contributed by atoms with Gasteiger partial charge in [-0.2, -0.15) is 0 Å². The number of allylic oxidation sites excluding steroid dienone is 1. The molecule has 0 nitrogen and oxygen atoms in total. The number of hydrogen-bond acceptors (Lipinski definition) is 0. The van der Waals surface area contributed by atoms with E-state index in [1.54, 1.807) is 0 Å². The quantitative estimate of drug-likeness (QED) is 0.474. The summed E-state index contributed by atoms with van der Waals surface area (Å²) < 4.78 is 0. The second-order valence-corrected chi connectivity index (χ2v) is 10.6. The first-order valence-corrected chi connectivity index (χ1v) is 8.91. The molecule has 0 N–H and O–H groups in total. The van der Waals surface area contributed by atoms with Crippen molar-refractivity contribution in [3.8, 4) is 0 Å². The first-order valence-electron chi connectivity index (χ1n) is 8.91. The first kappa shape index (κ1) is 18.8. The standard InChI is InChI=1S/C21H40/c1-15(2)11-19(5,6)12-17-13-20(7,8)14-21(9,10)18(17)16(3)4/h15,17-18H,3,11-14H2,1-2,4-10H3/t17-,18+/m1/s1. The van der Waals surface area contributed by atoms with E-state index in [0.717, 1.165) is 11.8 Å². The monoisotopic (exact) mass is 292 g/mol. The molecule has 0 amide bonds. The molecule has 1 saturated carbocycles. The van der Waals surface area contributed by atoms with Crippen molar-refractivity contribution in [1.82, 2.24) is 0 Å². The van der Waals surface area contributed by atoms with Gasteiger partial charge in [0.1, 0.15) is 0 Å². The molecule has 0 spiro atoms. The van der Waals surface area contributed by atoms with Crippen LogP contribution in [0.5, 0.6) is 0 Å². The van der Waals surface area contributed by atoms with Gasteiger partial charge in [-0.25, -0.2) is 0 Å². The van der Waals surface area contributed by atoms with Crippen molar-refractivity contribution in [2.75, 3.05) is 0 Å². The predicted molar refractivity (Wildman–Crippen MR) is 96.4 cm³/mol. The van der Waals surface area contributed by atoms with Crippen LogP contribution in [0, 0.1) is 34.0 Å². The number of rotatable bonds is 5. The van der Waals surface area contributed by atoms with Gasteiger partial charge in [-0.3, -0.25) is 0 Å². The second kappa shape index (κ2) is 6.09. The topological polar surface area (TPSA) is 0 Å². The smallest absolute Gasteiger partial charge is 0.0128 e.